The van der Waals surface area contributed by atoms with Crippen LogP contribution in [-0.2, 0) is 6.54 Å². The average molecular weight is 471 g/mol. The fraction of sp³-hybridized carbons (Fsp3) is 0.0938. The van der Waals surface area contributed by atoms with Crippen molar-refractivity contribution >= 4 is 27.7 Å². The number of rotatable bonds is 5. The van der Waals surface area contributed by atoms with Gasteiger partial charge in [0.2, 0.25) is 0 Å². The van der Waals surface area contributed by atoms with E-state index in [9.17, 15) is 4.79 Å². The van der Waals surface area contributed by atoms with Crippen LogP contribution in [0, 0.1) is 6.92 Å². The van der Waals surface area contributed by atoms with Gasteiger partial charge in [0.15, 0.2) is 0 Å². The van der Waals surface area contributed by atoms with Gasteiger partial charge in [0.25, 0.3) is 5.91 Å². The number of hydrogen-bond donors (Lipinski definition) is 0. The van der Waals surface area contributed by atoms with E-state index in [1.54, 1.807) is 11.7 Å². The summed E-state index contributed by atoms with van der Waals surface area (Å²) in [5.41, 5.74) is 7.32. The second-order valence-electron chi connectivity index (χ2n) is 9.20. The molecule has 0 N–H and O–H groups in total. The van der Waals surface area contributed by atoms with Crippen molar-refractivity contribution in [3.05, 3.63) is 126 Å². The van der Waals surface area contributed by atoms with E-state index in [4.69, 9.17) is 4.74 Å². The lowest BCUT2D eigenvalue weighted by atomic mass is 10.0. The Hall–Kier alpha value is -4.57. The second kappa shape index (κ2) is 8.90. The minimum Gasteiger partial charge on any atom is -0.497 e. The van der Waals surface area contributed by atoms with Crippen molar-refractivity contribution in [2.45, 2.75) is 13.5 Å². The summed E-state index contributed by atoms with van der Waals surface area (Å²) < 4.78 is 9.30. The van der Waals surface area contributed by atoms with Gasteiger partial charge in [-0.25, -0.2) is 0 Å². The normalized spacial score (nSPS) is 11.3. The van der Waals surface area contributed by atoms with Gasteiger partial charge in [-0.05, 0) is 77.5 Å². The van der Waals surface area contributed by atoms with E-state index in [1.807, 2.05) is 55.6 Å². The van der Waals surface area contributed by atoms with Gasteiger partial charge in [-0.15, -0.1) is 0 Å². The first-order chi connectivity index (χ1) is 17.6. The quantitative estimate of drug-likeness (QED) is 0.265. The molecule has 0 spiro atoms. The van der Waals surface area contributed by atoms with Crippen molar-refractivity contribution < 1.29 is 9.53 Å². The Kier molecular flexibility index (Phi) is 5.42. The molecule has 0 fully saturated rings. The molecule has 4 aromatic carbocycles. The molecule has 0 aliphatic heterocycles. The van der Waals surface area contributed by atoms with Gasteiger partial charge in [0.1, 0.15) is 5.75 Å². The monoisotopic (exact) mass is 470 g/mol. The smallest absolute Gasteiger partial charge is 0.262 e. The number of carbonyl (C=O) groups excluding carboxylic acids is 1. The summed E-state index contributed by atoms with van der Waals surface area (Å²) >= 11 is 0. The van der Waals surface area contributed by atoms with E-state index < -0.39 is 0 Å². The highest BCUT2D eigenvalue weighted by molar-refractivity contribution is 6.03. The lowest BCUT2D eigenvalue weighted by Gasteiger charge is -2.10. The molecular formula is C32H26N2O2. The van der Waals surface area contributed by atoms with Crippen molar-refractivity contribution in [1.29, 1.82) is 0 Å². The number of aromatic nitrogens is 2. The second-order valence-corrected chi connectivity index (χ2v) is 9.20. The summed E-state index contributed by atoms with van der Waals surface area (Å²) in [7, 11) is 1.68. The fourth-order valence-electron chi connectivity index (χ4n) is 4.75. The number of fused-ring (bicyclic) bond motifs is 2. The average Bonchev–Trinajstić information content (AvgIpc) is 3.52. The van der Waals surface area contributed by atoms with E-state index >= 15 is 0 Å². The minimum absolute atomic E-state index is 0.0222. The first-order valence-corrected chi connectivity index (χ1v) is 12.0. The zero-order valence-corrected chi connectivity index (χ0v) is 20.3. The fourth-order valence-corrected chi connectivity index (χ4v) is 4.75. The van der Waals surface area contributed by atoms with Gasteiger partial charge in [0, 0.05) is 35.4 Å². The van der Waals surface area contributed by atoms with Crippen molar-refractivity contribution in [3.63, 3.8) is 0 Å². The standard InChI is InChI=1S/C32H26N2O2/c1-22-3-7-26(8-4-22)32(35)34-18-16-25-10-12-28(20-31(25)34)27-11-9-24-15-17-33(30(24)19-27)21-23-5-13-29(36-2)14-6-23/h3-20H,21H2,1-2H3. The zero-order valence-electron chi connectivity index (χ0n) is 20.3. The summed E-state index contributed by atoms with van der Waals surface area (Å²) in [4.78, 5) is 13.2. The lowest BCUT2D eigenvalue weighted by Crippen LogP contribution is -2.10. The molecule has 176 valence electrons. The summed E-state index contributed by atoms with van der Waals surface area (Å²) in [6.07, 6.45) is 3.99. The summed E-state index contributed by atoms with van der Waals surface area (Å²) in [5.74, 6) is 0.838. The Morgan fingerprint density at radius 3 is 2.06 bits per heavy atom. The molecule has 0 amide bonds. The molecule has 6 aromatic rings. The van der Waals surface area contributed by atoms with Crippen molar-refractivity contribution in [1.82, 2.24) is 9.13 Å². The minimum atomic E-state index is -0.0222. The van der Waals surface area contributed by atoms with E-state index in [0.717, 1.165) is 39.9 Å². The SMILES string of the molecule is COc1ccc(Cn2ccc3ccc(-c4ccc5ccn(C(=O)c6ccc(C)cc6)c5c4)cc32)cc1. The first kappa shape index (κ1) is 21.9. The van der Waals surface area contributed by atoms with Gasteiger partial charge in [-0.2, -0.15) is 0 Å². The van der Waals surface area contributed by atoms with Crippen molar-refractivity contribution in [3.8, 4) is 16.9 Å². The Morgan fingerprint density at radius 2 is 1.36 bits per heavy atom. The van der Waals surface area contributed by atoms with Crippen LogP contribution in [0.15, 0.2) is 109 Å². The number of methoxy groups -OCH3 is 1. The molecule has 36 heavy (non-hydrogen) atoms. The molecule has 2 heterocycles. The first-order valence-electron chi connectivity index (χ1n) is 12.0. The number of carbonyl (C=O) groups is 1. The van der Waals surface area contributed by atoms with Crippen LogP contribution in [0.5, 0.6) is 5.75 Å². The predicted molar refractivity (Wildman–Crippen MR) is 146 cm³/mol. The molecule has 0 aliphatic carbocycles. The van der Waals surface area contributed by atoms with Gasteiger partial charge >= 0.3 is 0 Å². The third-order valence-corrected chi connectivity index (χ3v) is 6.83. The Balaban J connectivity index is 1.36. The third-order valence-electron chi connectivity index (χ3n) is 6.83. The van der Waals surface area contributed by atoms with Gasteiger partial charge in [-0.3, -0.25) is 9.36 Å². The van der Waals surface area contributed by atoms with Crippen LogP contribution in [0.1, 0.15) is 21.5 Å². The highest BCUT2D eigenvalue weighted by atomic mass is 16.5. The third kappa shape index (κ3) is 3.97. The topological polar surface area (TPSA) is 36.2 Å². The van der Waals surface area contributed by atoms with E-state index in [0.29, 0.717) is 5.56 Å². The van der Waals surface area contributed by atoms with E-state index in [1.165, 1.54) is 16.5 Å². The summed E-state index contributed by atoms with van der Waals surface area (Å²) in [6.45, 7) is 2.81. The van der Waals surface area contributed by atoms with Crippen LogP contribution < -0.4 is 4.74 Å². The van der Waals surface area contributed by atoms with E-state index in [2.05, 4.69) is 65.4 Å². The molecule has 0 saturated carbocycles. The lowest BCUT2D eigenvalue weighted by molar-refractivity contribution is 0.0965. The van der Waals surface area contributed by atoms with Crippen molar-refractivity contribution in [2.75, 3.05) is 7.11 Å². The summed E-state index contributed by atoms with van der Waals surface area (Å²) in [6, 6.07) is 32.9. The number of nitrogens with zero attached hydrogens (tertiary/aromatic N) is 2. The highest BCUT2D eigenvalue weighted by Gasteiger charge is 2.13. The molecule has 6 rings (SSSR count). The zero-order chi connectivity index (χ0) is 24.6. The number of benzene rings is 4. The van der Waals surface area contributed by atoms with Crippen LogP contribution in [0.2, 0.25) is 0 Å². The van der Waals surface area contributed by atoms with E-state index in [-0.39, 0.29) is 5.91 Å². The maximum absolute atomic E-state index is 13.2. The van der Waals surface area contributed by atoms with Crippen LogP contribution in [0.3, 0.4) is 0 Å². The van der Waals surface area contributed by atoms with Crippen LogP contribution >= 0.6 is 0 Å². The molecule has 0 bridgehead atoms. The Morgan fingerprint density at radius 1 is 0.722 bits per heavy atom. The molecule has 2 aromatic heterocycles. The molecule has 0 unspecified atom stereocenters. The van der Waals surface area contributed by atoms with Gasteiger partial charge in [0.05, 0.1) is 12.6 Å². The molecule has 4 heteroatoms. The largest absolute Gasteiger partial charge is 0.497 e. The maximum atomic E-state index is 13.2. The highest BCUT2D eigenvalue weighted by Crippen LogP contribution is 2.29. The van der Waals surface area contributed by atoms with Crippen LogP contribution in [-0.4, -0.2) is 22.2 Å². The Bertz CT molecular complexity index is 1700. The predicted octanol–water partition coefficient (Wildman–Crippen LogP) is 7.32. The number of aryl methyl sites for hydroxylation is 1. The molecular weight excluding hydrogens is 444 g/mol. The van der Waals surface area contributed by atoms with Gasteiger partial charge in [-0.1, -0.05) is 54.1 Å². The molecule has 0 radical (unpaired) electrons. The molecule has 0 aliphatic rings. The van der Waals surface area contributed by atoms with Gasteiger partial charge < -0.3 is 9.30 Å². The molecule has 4 nitrogen and oxygen atoms in total. The number of ether oxygens (including phenoxy) is 1. The summed E-state index contributed by atoms with van der Waals surface area (Å²) in [5, 5.41) is 2.24. The molecule has 0 atom stereocenters. The van der Waals surface area contributed by atoms with Crippen molar-refractivity contribution in [2.24, 2.45) is 0 Å². The number of hydrogen-bond acceptors (Lipinski definition) is 2. The van der Waals surface area contributed by atoms with Crippen LogP contribution in [0.4, 0.5) is 0 Å². The molecule has 0 saturated heterocycles. The Labute approximate surface area is 210 Å². The maximum Gasteiger partial charge on any atom is 0.262 e. The van der Waals surface area contributed by atoms with Crippen LogP contribution in [0.25, 0.3) is 32.9 Å².